The number of ketones is 1. The molecule has 1 N–H and O–H groups in total. The number of nitrogens with zero attached hydrogens (tertiary/aromatic N) is 2. The molecule has 1 aromatic carbocycles. The summed E-state index contributed by atoms with van der Waals surface area (Å²) in [4.78, 5) is 17.0. The van der Waals surface area contributed by atoms with Gasteiger partial charge in [-0.25, -0.2) is 0 Å². The summed E-state index contributed by atoms with van der Waals surface area (Å²) in [6.45, 7) is 7.58. The molecule has 1 saturated carbocycles. The molecule has 2 fully saturated rings. The van der Waals surface area contributed by atoms with Crippen molar-refractivity contribution in [2.45, 2.75) is 58.0 Å². The first-order valence-electron chi connectivity index (χ1n) is 11.7. The minimum Gasteiger partial charge on any atom is -0.454 e. The standard InChI is InChI=1S/C24H36N2O4/c1-2-21(27)22(28)16-19-8-6-18(7-9-19)10-11-25-12-14-26(15-13-25)20-4-3-5-23-24(20)30-17-29-23/h3-5,18-19,21,27H,2,6-17H2,1H3. The van der Waals surface area contributed by atoms with Crippen LogP contribution in [0.5, 0.6) is 11.5 Å². The number of benzene rings is 1. The highest BCUT2D eigenvalue weighted by molar-refractivity contribution is 5.82. The van der Waals surface area contributed by atoms with Crippen LogP contribution in [0.15, 0.2) is 18.2 Å². The van der Waals surface area contributed by atoms with Crippen molar-refractivity contribution in [2.24, 2.45) is 11.8 Å². The molecule has 0 spiro atoms. The molecule has 1 aromatic rings. The Balaban J connectivity index is 1.16. The molecule has 30 heavy (non-hydrogen) atoms. The molecule has 2 heterocycles. The summed E-state index contributed by atoms with van der Waals surface area (Å²) in [5.41, 5.74) is 1.16. The molecule has 3 aliphatic rings. The first-order valence-corrected chi connectivity index (χ1v) is 11.7. The SMILES string of the molecule is CCC(O)C(=O)CC1CCC(CCN2CCN(c3cccc4c3OCO4)CC2)CC1. The van der Waals surface area contributed by atoms with E-state index in [1.807, 2.05) is 19.1 Å². The third-order valence-electron chi connectivity index (χ3n) is 7.16. The fourth-order valence-corrected chi connectivity index (χ4v) is 5.11. The number of para-hydroxylation sites is 1. The lowest BCUT2D eigenvalue weighted by molar-refractivity contribution is -0.128. The third kappa shape index (κ3) is 5.09. The van der Waals surface area contributed by atoms with Crippen molar-refractivity contribution < 1.29 is 19.4 Å². The highest BCUT2D eigenvalue weighted by Crippen LogP contribution is 2.41. The fraction of sp³-hybridized carbons (Fsp3) is 0.708. The molecule has 0 bridgehead atoms. The molecule has 4 rings (SSSR count). The van der Waals surface area contributed by atoms with E-state index in [0.29, 0.717) is 25.6 Å². The summed E-state index contributed by atoms with van der Waals surface area (Å²) in [5.74, 6) is 3.06. The van der Waals surface area contributed by atoms with Gasteiger partial charge in [-0.3, -0.25) is 9.69 Å². The third-order valence-corrected chi connectivity index (χ3v) is 7.16. The molecule has 1 unspecified atom stereocenters. The zero-order valence-corrected chi connectivity index (χ0v) is 18.2. The van der Waals surface area contributed by atoms with Gasteiger partial charge in [0.15, 0.2) is 17.3 Å². The van der Waals surface area contributed by atoms with Crippen LogP contribution in [0.1, 0.15) is 51.9 Å². The first kappa shape index (κ1) is 21.4. The van der Waals surface area contributed by atoms with Gasteiger partial charge in [0.1, 0.15) is 6.10 Å². The number of aliphatic hydroxyl groups is 1. The van der Waals surface area contributed by atoms with Crippen LogP contribution in [0.2, 0.25) is 0 Å². The van der Waals surface area contributed by atoms with E-state index in [4.69, 9.17) is 9.47 Å². The molecule has 6 nitrogen and oxygen atoms in total. The van der Waals surface area contributed by atoms with Crippen LogP contribution in [-0.2, 0) is 4.79 Å². The first-order chi connectivity index (χ1) is 14.6. The molecule has 0 radical (unpaired) electrons. The second kappa shape index (κ2) is 10.0. The molecule has 0 amide bonds. The Bertz CT molecular complexity index is 709. The van der Waals surface area contributed by atoms with Crippen LogP contribution in [-0.4, -0.2) is 61.4 Å². The van der Waals surface area contributed by atoms with Gasteiger partial charge in [-0.2, -0.15) is 0 Å². The average molecular weight is 417 g/mol. The molecule has 1 atom stereocenters. The zero-order valence-electron chi connectivity index (χ0n) is 18.2. The maximum atomic E-state index is 12.0. The summed E-state index contributed by atoms with van der Waals surface area (Å²) >= 11 is 0. The van der Waals surface area contributed by atoms with Crippen molar-refractivity contribution in [2.75, 3.05) is 44.4 Å². The van der Waals surface area contributed by atoms with Crippen molar-refractivity contribution in [1.29, 1.82) is 0 Å². The summed E-state index contributed by atoms with van der Waals surface area (Å²) in [6, 6.07) is 6.15. The van der Waals surface area contributed by atoms with Crippen LogP contribution in [0.4, 0.5) is 5.69 Å². The number of rotatable bonds is 8. The van der Waals surface area contributed by atoms with Crippen LogP contribution < -0.4 is 14.4 Å². The van der Waals surface area contributed by atoms with Gasteiger partial charge in [0, 0.05) is 32.6 Å². The van der Waals surface area contributed by atoms with Crippen molar-refractivity contribution in [3.63, 3.8) is 0 Å². The van der Waals surface area contributed by atoms with Crippen LogP contribution in [0, 0.1) is 11.8 Å². The molecular weight excluding hydrogens is 380 g/mol. The average Bonchev–Trinajstić information content (AvgIpc) is 3.27. The van der Waals surface area contributed by atoms with Gasteiger partial charge in [0.05, 0.1) is 5.69 Å². The maximum absolute atomic E-state index is 12.0. The molecule has 0 aromatic heterocycles. The summed E-state index contributed by atoms with van der Waals surface area (Å²) in [5, 5.41) is 9.70. The lowest BCUT2D eigenvalue weighted by atomic mass is 9.78. The van der Waals surface area contributed by atoms with Gasteiger partial charge in [-0.1, -0.05) is 25.8 Å². The van der Waals surface area contributed by atoms with Gasteiger partial charge < -0.3 is 19.5 Å². The predicted molar refractivity (Wildman–Crippen MR) is 117 cm³/mol. The van der Waals surface area contributed by atoms with E-state index in [2.05, 4.69) is 15.9 Å². The second-order valence-corrected chi connectivity index (χ2v) is 9.11. The number of hydrogen-bond acceptors (Lipinski definition) is 6. The number of Topliss-reactive ketones (excluding diaryl/α,β-unsaturated/α-hetero) is 1. The second-order valence-electron chi connectivity index (χ2n) is 9.11. The number of carbonyl (C=O) groups excluding carboxylic acids is 1. The zero-order chi connectivity index (χ0) is 20.9. The molecule has 1 saturated heterocycles. The number of aliphatic hydroxyl groups excluding tert-OH is 1. The number of ether oxygens (including phenoxy) is 2. The van der Waals surface area contributed by atoms with Gasteiger partial charge >= 0.3 is 0 Å². The van der Waals surface area contributed by atoms with E-state index in [1.54, 1.807) is 0 Å². The normalized spacial score (nSPS) is 25.3. The van der Waals surface area contributed by atoms with E-state index in [-0.39, 0.29) is 5.78 Å². The Labute approximate surface area is 180 Å². The fourth-order valence-electron chi connectivity index (χ4n) is 5.11. The highest BCUT2D eigenvalue weighted by atomic mass is 16.7. The minimum absolute atomic E-state index is 0.0415. The minimum atomic E-state index is -0.752. The molecular formula is C24H36N2O4. The topological polar surface area (TPSA) is 62.2 Å². The van der Waals surface area contributed by atoms with Crippen molar-refractivity contribution in [3.8, 4) is 11.5 Å². The number of anilines is 1. The Morgan fingerprint density at radius 1 is 1.10 bits per heavy atom. The van der Waals surface area contributed by atoms with Gasteiger partial charge in [-0.05, 0) is 56.2 Å². The predicted octanol–water partition coefficient (Wildman–Crippen LogP) is 3.46. The van der Waals surface area contributed by atoms with E-state index in [0.717, 1.165) is 62.1 Å². The Morgan fingerprint density at radius 2 is 1.83 bits per heavy atom. The van der Waals surface area contributed by atoms with Crippen molar-refractivity contribution in [3.05, 3.63) is 18.2 Å². The van der Waals surface area contributed by atoms with Crippen LogP contribution in [0.25, 0.3) is 0 Å². The Morgan fingerprint density at radius 3 is 2.57 bits per heavy atom. The van der Waals surface area contributed by atoms with Crippen LogP contribution in [0.3, 0.4) is 0 Å². The summed E-state index contributed by atoms with van der Waals surface area (Å²) in [6.07, 6.45) is 6.36. The lowest BCUT2D eigenvalue weighted by Crippen LogP contribution is -2.47. The maximum Gasteiger partial charge on any atom is 0.231 e. The van der Waals surface area contributed by atoms with Crippen LogP contribution >= 0.6 is 0 Å². The molecule has 6 heteroatoms. The van der Waals surface area contributed by atoms with Crippen molar-refractivity contribution in [1.82, 2.24) is 4.90 Å². The number of hydrogen-bond donors (Lipinski definition) is 1. The Kier molecular flexibility index (Phi) is 7.16. The smallest absolute Gasteiger partial charge is 0.231 e. The molecule has 2 aliphatic heterocycles. The largest absolute Gasteiger partial charge is 0.454 e. The lowest BCUT2D eigenvalue weighted by Gasteiger charge is -2.37. The monoisotopic (exact) mass is 416 g/mol. The molecule has 166 valence electrons. The van der Waals surface area contributed by atoms with Crippen molar-refractivity contribution >= 4 is 11.5 Å². The molecule has 1 aliphatic carbocycles. The van der Waals surface area contributed by atoms with E-state index >= 15 is 0 Å². The summed E-state index contributed by atoms with van der Waals surface area (Å²) in [7, 11) is 0. The Hall–Kier alpha value is -1.79. The van der Waals surface area contributed by atoms with E-state index < -0.39 is 6.10 Å². The van der Waals surface area contributed by atoms with Gasteiger partial charge in [-0.15, -0.1) is 0 Å². The van der Waals surface area contributed by atoms with Gasteiger partial charge in [0.2, 0.25) is 6.79 Å². The highest BCUT2D eigenvalue weighted by Gasteiger charge is 2.27. The quantitative estimate of drug-likeness (QED) is 0.700. The van der Waals surface area contributed by atoms with Gasteiger partial charge in [0.25, 0.3) is 0 Å². The number of fused-ring (bicyclic) bond motifs is 1. The summed E-state index contributed by atoms with van der Waals surface area (Å²) < 4.78 is 11.2. The number of carbonyl (C=O) groups is 1. The number of piperazine rings is 1. The van der Waals surface area contributed by atoms with E-state index in [1.165, 1.54) is 25.8 Å². The van der Waals surface area contributed by atoms with E-state index in [9.17, 15) is 9.90 Å².